The van der Waals surface area contributed by atoms with Crippen LogP contribution in [0.4, 0.5) is 0 Å². The molecule has 0 radical (unpaired) electrons. The molecule has 4 nitrogen and oxygen atoms in total. The van der Waals surface area contributed by atoms with Crippen molar-refractivity contribution < 1.29 is 18.9 Å². The monoisotopic (exact) mass is 644 g/mol. The van der Waals surface area contributed by atoms with Crippen LogP contribution in [0.2, 0.25) is 0 Å². The summed E-state index contributed by atoms with van der Waals surface area (Å²) in [6, 6.07) is 62.1. The minimum Gasteiger partial charge on any atom is -0.358 e. The molecular weight excluding hydrogens is 604 g/mol. The Balaban J connectivity index is 1.20. The lowest BCUT2D eigenvalue weighted by Gasteiger charge is -2.39. The van der Waals surface area contributed by atoms with E-state index in [9.17, 15) is 0 Å². The molecule has 6 aromatic carbocycles. The summed E-state index contributed by atoms with van der Waals surface area (Å²) in [4.78, 5) is 0. The van der Waals surface area contributed by atoms with Crippen molar-refractivity contribution in [2.24, 2.45) is 0 Å². The Labute approximate surface area is 289 Å². The Bertz CT molecular complexity index is 1720. The molecule has 0 aliphatic carbocycles. The van der Waals surface area contributed by atoms with Gasteiger partial charge < -0.3 is 18.9 Å². The van der Waals surface area contributed by atoms with Crippen LogP contribution in [-0.2, 0) is 30.1 Å². The van der Waals surface area contributed by atoms with Crippen LogP contribution in [0.15, 0.2) is 194 Å². The Kier molecular flexibility index (Phi) is 9.65. The molecule has 1 aliphatic heterocycles. The quantitative estimate of drug-likeness (QED) is 0.0928. The van der Waals surface area contributed by atoms with Gasteiger partial charge in [0.15, 0.2) is 0 Å². The van der Waals surface area contributed by atoms with E-state index in [0.717, 1.165) is 33.4 Å². The van der Waals surface area contributed by atoms with Crippen molar-refractivity contribution in [3.05, 3.63) is 228 Å². The summed E-state index contributed by atoms with van der Waals surface area (Å²) in [5.74, 6) is -1.13. The predicted molar refractivity (Wildman–Crippen MR) is 194 cm³/mol. The molecule has 0 amide bonds. The molecule has 0 spiro atoms. The van der Waals surface area contributed by atoms with Crippen molar-refractivity contribution in [2.45, 2.75) is 23.1 Å². The summed E-state index contributed by atoms with van der Waals surface area (Å²) in [5.41, 5.74) is 4.37. The lowest BCUT2D eigenvalue weighted by molar-refractivity contribution is -0.239. The number of rotatable bonds is 13. The van der Waals surface area contributed by atoms with Gasteiger partial charge in [-0.2, -0.15) is 0 Å². The molecule has 49 heavy (non-hydrogen) atoms. The zero-order chi connectivity index (χ0) is 33.4. The van der Waals surface area contributed by atoms with Crippen LogP contribution in [-0.4, -0.2) is 32.2 Å². The van der Waals surface area contributed by atoms with E-state index in [0.29, 0.717) is 0 Å². The van der Waals surface area contributed by atoms with E-state index in [1.165, 1.54) is 0 Å². The molecule has 244 valence electrons. The molecule has 0 N–H and O–H groups in total. The van der Waals surface area contributed by atoms with Crippen molar-refractivity contribution in [1.29, 1.82) is 0 Å². The van der Waals surface area contributed by atoms with Crippen LogP contribution in [0.25, 0.3) is 0 Å². The second-order valence-electron chi connectivity index (χ2n) is 12.2. The average molecular weight is 645 g/mol. The second-order valence-corrected chi connectivity index (χ2v) is 12.2. The van der Waals surface area contributed by atoms with Gasteiger partial charge in [-0.3, -0.25) is 0 Å². The van der Waals surface area contributed by atoms with Crippen molar-refractivity contribution in [3.8, 4) is 0 Å². The third-order valence-electron chi connectivity index (χ3n) is 9.30. The number of ether oxygens (including phenoxy) is 4. The third kappa shape index (κ3) is 6.40. The normalized spacial score (nSPS) is 17.6. The van der Waals surface area contributed by atoms with Gasteiger partial charge in [0.05, 0.1) is 6.61 Å². The Hall–Kier alpha value is -5.10. The van der Waals surface area contributed by atoms with E-state index in [2.05, 4.69) is 109 Å². The Morgan fingerprint density at radius 1 is 0.469 bits per heavy atom. The standard InChI is InChI=1S/C45H40O4/c1-46-43(35-48-45(39-26-14-5-15-27-39,40-28-16-6-17-29-40)41-30-18-7-19-31-41)33-32-42(49-43)34-47-44(36-20-8-2-9-21-36,37-22-10-3-11-23-37)38-24-12-4-13-25-38/h2-33,42H,34-35H2,1H3/t42-,43+/m1/s1. The highest BCUT2D eigenvalue weighted by Gasteiger charge is 2.45. The maximum atomic E-state index is 7.13. The van der Waals surface area contributed by atoms with E-state index in [1.54, 1.807) is 7.11 Å². The van der Waals surface area contributed by atoms with Crippen molar-refractivity contribution in [1.82, 2.24) is 0 Å². The van der Waals surface area contributed by atoms with Crippen LogP contribution >= 0.6 is 0 Å². The summed E-state index contributed by atoms with van der Waals surface area (Å²) in [5, 5.41) is 0. The minimum absolute atomic E-state index is 0.135. The highest BCUT2D eigenvalue weighted by atomic mass is 16.7. The molecule has 6 aromatic rings. The first-order valence-corrected chi connectivity index (χ1v) is 16.7. The van der Waals surface area contributed by atoms with Gasteiger partial charge in [-0.05, 0) is 39.5 Å². The van der Waals surface area contributed by atoms with Gasteiger partial charge in [0.25, 0.3) is 0 Å². The first kappa shape index (κ1) is 32.4. The van der Waals surface area contributed by atoms with Gasteiger partial charge >= 0.3 is 0 Å². The topological polar surface area (TPSA) is 36.9 Å². The van der Waals surface area contributed by atoms with E-state index < -0.39 is 23.1 Å². The zero-order valence-electron chi connectivity index (χ0n) is 27.6. The van der Waals surface area contributed by atoms with E-state index >= 15 is 0 Å². The highest BCUT2D eigenvalue weighted by Crippen LogP contribution is 2.43. The van der Waals surface area contributed by atoms with Crippen molar-refractivity contribution in [3.63, 3.8) is 0 Å². The molecule has 1 heterocycles. The molecule has 1 aliphatic rings. The van der Waals surface area contributed by atoms with E-state index in [4.69, 9.17) is 18.9 Å². The molecule has 0 aromatic heterocycles. The highest BCUT2D eigenvalue weighted by molar-refractivity contribution is 5.49. The van der Waals surface area contributed by atoms with Gasteiger partial charge in [-0.1, -0.05) is 188 Å². The number of methoxy groups -OCH3 is 1. The maximum absolute atomic E-state index is 7.13. The van der Waals surface area contributed by atoms with Crippen molar-refractivity contribution >= 4 is 0 Å². The average Bonchev–Trinajstić information content (AvgIpc) is 3.61. The van der Waals surface area contributed by atoms with Gasteiger partial charge in [0.2, 0.25) is 5.79 Å². The maximum Gasteiger partial charge on any atom is 0.212 e. The van der Waals surface area contributed by atoms with Gasteiger partial charge in [-0.15, -0.1) is 0 Å². The zero-order valence-corrected chi connectivity index (χ0v) is 27.6. The fraction of sp³-hybridized carbons (Fsp3) is 0.156. The number of hydrogen-bond donors (Lipinski definition) is 0. The SMILES string of the molecule is CO[C@@]1(COC(c2ccccc2)(c2ccccc2)c2ccccc2)C=C[C@H](COC(c2ccccc2)(c2ccccc2)c2ccccc2)O1. The number of benzene rings is 6. The predicted octanol–water partition coefficient (Wildman–Crippen LogP) is 9.30. The third-order valence-corrected chi connectivity index (χ3v) is 9.30. The molecule has 0 bridgehead atoms. The van der Waals surface area contributed by atoms with Gasteiger partial charge in [-0.25, -0.2) is 0 Å². The molecule has 4 heteroatoms. The van der Waals surface area contributed by atoms with Crippen LogP contribution in [0.3, 0.4) is 0 Å². The largest absolute Gasteiger partial charge is 0.358 e. The van der Waals surface area contributed by atoms with Gasteiger partial charge in [0.1, 0.15) is 23.9 Å². The molecular formula is C45H40O4. The fourth-order valence-electron chi connectivity index (χ4n) is 6.89. The molecule has 0 fully saturated rings. The summed E-state index contributed by atoms with van der Waals surface area (Å²) >= 11 is 0. The summed E-state index contributed by atoms with van der Waals surface area (Å²) in [7, 11) is 1.66. The van der Waals surface area contributed by atoms with Crippen LogP contribution in [0.5, 0.6) is 0 Å². The van der Waals surface area contributed by atoms with Crippen LogP contribution < -0.4 is 0 Å². The first-order chi connectivity index (χ1) is 24.2. The molecule has 2 atom stereocenters. The Morgan fingerprint density at radius 3 is 1.08 bits per heavy atom. The minimum atomic E-state index is -1.13. The molecule has 0 saturated carbocycles. The molecule has 0 unspecified atom stereocenters. The van der Waals surface area contributed by atoms with Gasteiger partial charge in [0, 0.05) is 7.11 Å². The lowest BCUT2D eigenvalue weighted by Crippen LogP contribution is -2.44. The van der Waals surface area contributed by atoms with E-state index in [1.807, 2.05) is 84.9 Å². The summed E-state index contributed by atoms with van der Waals surface area (Å²) in [6.45, 7) is 0.415. The lowest BCUT2D eigenvalue weighted by atomic mass is 9.80. The first-order valence-electron chi connectivity index (χ1n) is 16.7. The van der Waals surface area contributed by atoms with Crippen LogP contribution in [0, 0.1) is 0 Å². The second kappa shape index (κ2) is 14.6. The number of hydrogen-bond acceptors (Lipinski definition) is 4. The molecule has 0 saturated heterocycles. The smallest absolute Gasteiger partial charge is 0.212 e. The fourth-order valence-corrected chi connectivity index (χ4v) is 6.89. The summed E-state index contributed by atoms with van der Waals surface area (Å²) < 4.78 is 27.1. The van der Waals surface area contributed by atoms with Crippen molar-refractivity contribution in [2.75, 3.05) is 20.3 Å². The molecule has 7 rings (SSSR count). The van der Waals surface area contributed by atoms with Crippen LogP contribution in [0.1, 0.15) is 33.4 Å². The Morgan fingerprint density at radius 2 is 0.776 bits per heavy atom. The summed E-state index contributed by atoms with van der Waals surface area (Å²) in [6.07, 6.45) is 3.59. The van der Waals surface area contributed by atoms with E-state index in [-0.39, 0.29) is 13.2 Å².